The van der Waals surface area contributed by atoms with Crippen LogP contribution in [-0.4, -0.2) is 24.8 Å². The molecule has 0 aliphatic carbocycles. The highest BCUT2D eigenvalue weighted by Crippen LogP contribution is 2.27. The number of benzene rings is 2. The van der Waals surface area contributed by atoms with E-state index in [1.165, 1.54) is 26.7 Å². The lowest BCUT2D eigenvalue weighted by Crippen LogP contribution is -2.14. The van der Waals surface area contributed by atoms with Crippen LogP contribution in [0.2, 0.25) is 0 Å². The van der Waals surface area contributed by atoms with E-state index < -0.39 is 0 Å². The van der Waals surface area contributed by atoms with Gasteiger partial charge in [-0.25, -0.2) is 4.99 Å². The van der Waals surface area contributed by atoms with Crippen LogP contribution in [0.15, 0.2) is 45.9 Å². The van der Waals surface area contributed by atoms with Crippen LogP contribution in [0.5, 0.6) is 0 Å². The standard InChI is InChI=1S/C19H23BrN2/c1-5-22(4)13-21-17-10-14(2)18(15(3)11-17)12-16-8-6-7-9-19(16)20/h6-11,13H,5,12H2,1-4H3. The zero-order chi connectivity index (χ0) is 16.1. The fraction of sp³-hybridized carbons (Fsp3) is 0.316. The molecule has 0 aromatic heterocycles. The molecule has 0 radical (unpaired) electrons. The van der Waals surface area contributed by atoms with Crippen molar-refractivity contribution in [1.82, 2.24) is 4.90 Å². The Morgan fingerprint density at radius 1 is 1.14 bits per heavy atom. The molecule has 0 saturated carbocycles. The summed E-state index contributed by atoms with van der Waals surface area (Å²) >= 11 is 3.64. The second-order valence-electron chi connectivity index (χ2n) is 5.64. The Morgan fingerprint density at radius 2 is 1.77 bits per heavy atom. The summed E-state index contributed by atoms with van der Waals surface area (Å²) in [6.07, 6.45) is 2.83. The molecule has 116 valence electrons. The molecule has 0 unspecified atom stereocenters. The highest BCUT2D eigenvalue weighted by atomic mass is 79.9. The summed E-state index contributed by atoms with van der Waals surface area (Å²) in [6, 6.07) is 12.7. The summed E-state index contributed by atoms with van der Waals surface area (Å²) in [7, 11) is 2.03. The molecule has 0 heterocycles. The van der Waals surface area contributed by atoms with E-state index in [4.69, 9.17) is 0 Å². The van der Waals surface area contributed by atoms with Crippen molar-refractivity contribution in [2.24, 2.45) is 4.99 Å². The van der Waals surface area contributed by atoms with Crippen molar-refractivity contribution in [3.63, 3.8) is 0 Å². The minimum atomic E-state index is 0.942. The largest absolute Gasteiger partial charge is 0.366 e. The molecule has 3 heteroatoms. The predicted molar refractivity (Wildman–Crippen MR) is 99.3 cm³/mol. The fourth-order valence-corrected chi connectivity index (χ4v) is 2.83. The van der Waals surface area contributed by atoms with Crippen molar-refractivity contribution >= 4 is 28.0 Å². The van der Waals surface area contributed by atoms with E-state index in [2.05, 4.69) is 83.0 Å². The van der Waals surface area contributed by atoms with E-state index in [9.17, 15) is 0 Å². The number of aliphatic imine (C=N–C) groups is 1. The Labute approximate surface area is 142 Å². The molecule has 0 N–H and O–H groups in total. The van der Waals surface area contributed by atoms with Crippen LogP contribution in [0.3, 0.4) is 0 Å². The smallest absolute Gasteiger partial charge is 0.0909 e. The van der Waals surface area contributed by atoms with Crippen molar-refractivity contribution in [1.29, 1.82) is 0 Å². The molecule has 0 atom stereocenters. The van der Waals surface area contributed by atoms with Gasteiger partial charge in [-0.1, -0.05) is 34.1 Å². The summed E-state index contributed by atoms with van der Waals surface area (Å²) < 4.78 is 1.17. The van der Waals surface area contributed by atoms with Gasteiger partial charge in [-0.2, -0.15) is 0 Å². The normalized spacial score (nSPS) is 11.1. The zero-order valence-corrected chi connectivity index (χ0v) is 15.3. The summed E-state index contributed by atoms with van der Waals surface area (Å²) in [4.78, 5) is 6.63. The van der Waals surface area contributed by atoms with Crippen molar-refractivity contribution in [3.05, 3.63) is 63.1 Å². The highest BCUT2D eigenvalue weighted by Gasteiger charge is 2.08. The van der Waals surface area contributed by atoms with Gasteiger partial charge in [0.05, 0.1) is 12.0 Å². The summed E-state index contributed by atoms with van der Waals surface area (Å²) in [5.74, 6) is 0. The monoisotopic (exact) mass is 358 g/mol. The fourth-order valence-electron chi connectivity index (χ4n) is 2.40. The lowest BCUT2D eigenvalue weighted by Gasteiger charge is -2.13. The van der Waals surface area contributed by atoms with Crippen LogP contribution >= 0.6 is 15.9 Å². The molecular formula is C19H23BrN2. The van der Waals surface area contributed by atoms with Gasteiger partial charge >= 0.3 is 0 Å². The number of hydrogen-bond donors (Lipinski definition) is 0. The van der Waals surface area contributed by atoms with Gasteiger partial charge in [0.1, 0.15) is 0 Å². The average molecular weight is 359 g/mol. The van der Waals surface area contributed by atoms with Crippen molar-refractivity contribution in [2.45, 2.75) is 27.2 Å². The Bertz CT molecular complexity index is 654. The molecule has 2 nitrogen and oxygen atoms in total. The Hall–Kier alpha value is -1.61. The van der Waals surface area contributed by atoms with Gasteiger partial charge < -0.3 is 4.90 Å². The van der Waals surface area contributed by atoms with Crippen molar-refractivity contribution in [3.8, 4) is 0 Å². The third-order valence-corrected chi connectivity index (χ3v) is 4.68. The maximum absolute atomic E-state index is 4.56. The third-order valence-electron chi connectivity index (χ3n) is 3.91. The molecule has 0 saturated heterocycles. The first-order valence-electron chi connectivity index (χ1n) is 7.59. The van der Waals surface area contributed by atoms with Gasteiger partial charge in [0.15, 0.2) is 0 Å². The minimum Gasteiger partial charge on any atom is -0.366 e. The van der Waals surface area contributed by atoms with Crippen LogP contribution in [0, 0.1) is 13.8 Å². The Morgan fingerprint density at radius 3 is 2.36 bits per heavy atom. The van der Waals surface area contributed by atoms with Crippen LogP contribution in [-0.2, 0) is 6.42 Å². The Kier molecular flexibility index (Phi) is 5.78. The maximum atomic E-state index is 4.56. The van der Waals surface area contributed by atoms with Gasteiger partial charge in [-0.3, -0.25) is 0 Å². The van der Waals surface area contributed by atoms with Crippen molar-refractivity contribution in [2.75, 3.05) is 13.6 Å². The molecule has 0 aliphatic heterocycles. The zero-order valence-electron chi connectivity index (χ0n) is 13.7. The van der Waals surface area contributed by atoms with E-state index in [1.807, 2.05) is 13.4 Å². The Balaban J connectivity index is 2.27. The second-order valence-corrected chi connectivity index (χ2v) is 6.50. The van der Waals surface area contributed by atoms with E-state index in [0.717, 1.165) is 18.7 Å². The van der Waals surface area contributed by atoms with Crippen LogP contribution < -0.4 is 0 Å². The number of hydrogen-bond acceptors (Lipinski definition) is 1. The van der Waals surface area contributed by atoms with Crippen molar-refractivity contribution < 1.29 is 0 Å². The predicted octanol–water partition coefficient (Wildman–Crippen LogP) is 5.27. The van der Waals surface area contributed by atoms with E-state index in [1.54, 1.807) is 0 Å². The lowest BCUT2D eigenvalue weighted by molar-refractivity contribution is 0.552. The lowest BCUT2D eigenvalue weighted by atomic mass is 9.95. The molecule has 0 bridgehead atoms. The van der Waals surface area contributed by atoms with Crippen LogP contribution in [0.4, 0.5) is 5.69 Å². The number of halogens is 1. The average Bonchev–Trinajstić information content (AvgIpc) is 2.50. The molecule has 2 aromatic carbocycles. The van der Waals surface area contributed by atoms with Gasteiger partial charge in [0.2, 0.25) is 0 Å². The van der Waals surface area contributed by atoms with Gasteiger partial charge in [0.25, 0.3) is 0 Å². The van der Waals surface area contributed by atoms with E-state index in [0.29, 0.717) is 0 Å². The van der Waals surface area contributed by atoms with Crippen LogP contribution in [0.25, 0.3) is 0 Å². The third kappa shape index (κ3) is 4.20. The molecule has 0 aliphatic rings. The van der Waals surface area contributed by atoms with E-state index >= 15 is 0 Å². The molecule has 0 amide bonds. The summed E-state index contributed by atoms with van der Waals surface area (Å²) in [5.41, 5.74) is 6.31. The maximum Gasteiger partial charge on any atom is 0.0909 e. The first-order valence-corrected chi connectivity index (χ1v) is 8.38. The molecule has 0 spiro atoms. The molecule has 2 aromatic rings. The van der Waals surface area contributed by atoms with Gasteiger partial charge in [-0.15, -0.1) is 0 Å². The highest BCUT2D eigenvalue weighted by molar-refractivity contribution is 9.10. The topological polar surface area (TPSA) is 15.6 Å². The summed E-state index contributed by atoms with van der Waals surface area (Å²) in [6.45, 7) is 7.41. The summed E-state index contributed by atoms with van der Waals surface area (Å²) in [5, 5.41) is 0. The van der Waals surface area contributed by atoms with Gasteiger partial charge in [0, 0.05) is 18.1 Å². The number of rotatable bonds is 5. The second kappa shape index (κ2) is 7.59. The first-order chi connectivity index (χ1) is 10.5. The van der Waals surface area contributed by atoms with E-state index in [-0.39, 0.29) is 0 Å². The molecular weight excluding hydrogens is 336 g/mol. The molecule has 2 rings (SSSR count). The molecule has 22 heavy (non-hydrogen) atoms. The number of aryl methyl sites for hydroxylation is 2. The van der Waals surface area contributed by atoms with Crippen LogP contribution in [0.1, 0.15) is 29.2 Å². The quantitative estimate of drug-likeness (QED) is 0.525. The molecule has 0 fully saturated rings. The first kappa shape index (κ1) is 16.8. The SMILES string of the molecule is CCN(C)C=Nc1cc(C)c(Cc2ccccc2Br)c(C)c1. The number of nitrogens with zero attached hydrogens (tertiary/aromatic N) is 2. The minimum absolute atomic E-state index is 0.942. The van der Waals surface area contributed by atoms with Gasteiger partial charge in [-0.05, 0) is 67.6 Å².